The van der Waals surface area contributed by atoms with Crippen LogP contribution in [0.1, 0.15) is 6.42 Å². The molecule has 18 heavy (non-hydrogen) atoms. The van der Waals surface area contributed by atoms with Gasteiger partial charge in [-0.3, -0.25) is 9.48 Å². The van der Waals surface area contributed by atoms with Gasteiger partial charge < -0.3 is 11.1 Å². The van der Waals surface area contributed by atoms with Gasteiger partial charge in [0.05, 0.1) is 0 Å². The quantitative estimate of drug-likeness (QED) is 0.682. The number of aromatic nitrogens is 2. The lowest BCUT2D eigenvalue weighted by Gasteiger charge is -2.18. The summed E-state index contributed by atoms with van der Waals surface area (Å²) in [5.74, 6) is -0.173. The van der Waals surface area contributed by atoms with E-state index in [1.807, 2.05) is 0 Å². The van der Waals surface area contributed by atoms with E-state index >= 15 is 0 Å². The topological polar surface area (TPSA) is 110 Å². The maximum Gasteiger partial charge on any atom is 0.248 e. The van der Waals surface area contributed by atoms with Gasteiger partial charge in [0.25, 0.3) is 0 Å². The van der Waals surface area contributed by atoms with E-state index in [1.165, 1.54) is 15.2 Å². The highest BCUT2D eigenvalue weighted by molar-refractivity contribution is 7.89. The molecule has 1 amide bonds. The van der Waals surface area contributed by atoms with Crippen LogP contribution in [0.2, 0.25) is 0 Å². The molecule has 1 fully saturated rings. The smallest absolute Gasteiger partial charge is 0.248 e. The molecule has 0 atom stereocenters. The van der Waals surface area contributed by atoms with Crippen LogP contribution in [0.3, 0.4) is 0 Å². The van der Waals surface area contributed by atoms with Crippen molar-refractivity contribution in [1.29, 1.82) is 0 Å². The molecule has 0 aliphatic carbocycles. The maximum absolute atomic E-state index is 12.3. The minimum atomic E-state index is -3.69. The number of nitrogens with zero attached hydrogens (tertiary/aromatic N) is 3. The molecule has 0 spiro atoms. The molecule has 0 radical (unpaired) electrons. The lowest BCUT2D eigenvalue weighted by molar-refractivity contribution is -0.120. The molecule has 100 valence electrons. The number of sulfonamides is 1. The minimum Gasteiger partial charge on any atom is -0.381 e. The molecule has 8 nitrogen and oxygen atoms in total. The molecule has 9 heteroatoms. The van der Waals surface area contributed by atoms with Gasteiger partial charge in [0.15, 0.2) is 5.82 Å². The largest absolute Gasteiger partial charge is 0.381 e. The molecule has 1 aromatic heterocycles. The molecular weight excluding hydrogens is 258 g/mol. The summed E-state index contributed by atoms with van der Waals surface area (Å²) in [5, 5.41) is 6.44. The molecule has 3 N–H and O–H groups in total. The predicted molar refractivity (Wildman–Crippen MR) is 64.0 cm³/mol. The molecule has 0 aromatic carbocycles. The molecule has 1 aliphatic heterocycles. The zero-order chi connectivity index (χ0) is 13.3. The van der Waals surface area contributed by atoms with Crippen molar-refractivity contribution in [2.45, 2.75) is 11.3 Å². The lowest BCUT2D eigenvalue weighted by Crippen LogP contribution is -2.34. The number of nitrogens with two attached hydrogens (primary N) is 1. The Balaban J connectivity index is 2.30. The Hall–Kier alpha value is -1.61. The second kappa shape index (κ2) is 4.58. The van der Waals surface area contributed by atoms with Gasteiger partial charge in [0, 0.05) is 39.3 Å². The highest BCUT2D eigenvalue weighted by Crippen LogP contribution is 2.21. The normalized spacial score (nSPS) is 18.4. The summed E-state index contributed by atoms with van der Waals surface area (Å²) in [7, 11) is -2.09. The summed E-state index contributed by atoms with van der Waals surface area (Å²) in [4.78, 5) is 11.2. The SMILES string of the molecule is Cn1cc(S(=O)(=O)N2CCNC(=O)CC2)c(N)n1. The number of amides is 1. The molecule has 0 bridgehead atoms. The monoisotopic (exact) mass is 273 g/mol. The van der Waals surface area contributed by atoms with Gasteiger partial charge >= 0.3 is 0 Å². The van der Waals surface area contributed by atoms with Crippen LogP contribution in [0.4, 0.5) is 5.82 Å². The molecule has 1 aromatic rings. The Kier molecular flexibility index (Phi) is 3.26. The third kappa shape index (κ3) is 2.31. The van der Waals surface area contributed by atoms with Crippen molar-refractivity contribution >= 4 is 21.7 Å². The summed E-state index contributed by atoms with van der Waals surface area (Å²) < 4.78 is 27.3. The molecule has 2 heterocycles. The molecule has 2 rings (SSSR count). The summed E-state index contributed by atoms with van der Waals surface area (Å²) >= 11 is 0. The first-order chi connectivity index (χ1) is 8.41. The highest BCUT2D eigenvalue weighted by atomic mass is 32.2. The number of nitrogens with one attached hydrogen (secondary N) is 1. The van der Waals surface area contributed by atoms with Crippen LogP contribution in [-0.4, -0.2) is 48.0 Å². The first-order valence-corrected chi connectivity index (χ1v) is 6.91. The lowest BCUT2D eigenvalue weighted by atomic mass is 10.4. The number of nitrogen functional groups attached to an aromatic ring is 1. The van der Waals surface area contributed by atoms with Crippen molar-refractivity contribution in [1.82, 2.24) is 19.4 Å². The van der Waals surface area contributed by atoms with E-state index in [0.29, 0.717) is 6.54 Å². The van der Waals surface area contributed by atoms with Gasteiger partial charge in [-0.05, 0) is 0 Å². The van der Waals surface area contributed by atoms with Gasteiger partial charge in [-0.1, -0.05) is 0 Å². The third-order valence-corrected chi connectivity index (χ3v) is 4.63. The number of carbonyl (C=O) groups is 1. The highest BCUT2D eigenvalue weighted by Gasteiger charge is 2.30. The number of anilines is 1. The standard InChI is InChI=1S/C9H15N5O3S/c1-13-6-7(9(10)12-13)18(16,17)14-4-2-8(15)11-3-5-14/h6H,2-5H2,1H3,(H2,10,12)(H,11,15). The fraction of sp³-hybridized carbons (Fsp3) is 0.556. The Morgan fingerprint density at radius 3 is 2.78 bits per heavy atom. The predicted octanol–water partition coefficient (Wildman–Crippen LogP) is -1.49. The first-order valence-electron chi connectivity index (χ1n) is 5.47. The van der Waals surface area contributed by atoms with E-state index in [-0.39, 0.29) is 36.1 Å². The zero-order valence-electron chi connectivity index (χ0n) is 9.96. The fourth-order valence-electron chi connectivity index (χ4n) is 1.81. The van der Waals surface area contributed by atoms with Crippen molar-refractivity contribution in [2.75, 3.05) is 25.4 Å². The Labute approximate surface area is 105 Å². The van der Waals surface area contributed by atoms with Crippen molar-refractivity contribution in [2.24, 2.45) is 7.05 Å². The van der Waals surface area contributed by atoms with Crippen molar-refractivity contribution in [3.05, 3.63) is 6.20 Å². The van der Waals surface area contributed by atoms with E-state index < -0.39 is 10.0 Å². The van der Waals surface area contributed by atoms with Gasteiger partial charge in [0.2, 0.25) is 15.9 Å². The van der Waals surface area contributed by atoms with Gasteiger partial charge in [-0.15, -0.1) is 0 Å². The summed E-state index contributed by atoms with van der Waals surface area (Å²) in [6, 6.07) is 0. The van der Waals surface area contributed by atoms with Crippen LogP contribution in [0.25, 0.3) is 0 Å². The van der Waals surface area contributed by atoms with Gasteiger partial charge in [-0.2, -0.15) is 9.40 Å². The van der Waals surface area contributed by atoms with Crippen LogP contribution >= 0.6 is 0 Å². The fourth-order valence-corrected chi connectivity index (χ4v) is 3.34. The van der Waals surface area contributed by atoms with Crippen molar-refractivity contribution in [3.63, 3.8) is 0 Å². The van der Waals surface area contributed by atoms with Crippen LogP contribution < -0.4 is 11.1 Å². The van der Waals surface area contributed by atoms with E-state index in [2.05, 4.69) is 10.4 Å². The van der Waals surface area contributed by atoms with Crippen LogP contribution in [0, 0.1) is 0 Å². The van der Waals surface area contributed by atoms with Gasteiger partial charge in [-0.25, -0.2) is 8.42 Å². The molecular formula is C9H15N5O3S. The minimum absolute atomic E-state index is 0.0145. The summed E-state index contributed by atoms with van der Waals surface area (Å²) in [5.41, 5.74) is 5.58. The summed E-state index contributed by atoms with van der Waals surface area (Å²) in [6.07, 6.45) is 1.52. The Bertz CT molecular complexity index is 565. The van der Waals surface area contributed by atoms with E-state index in [9.17, 15) is 13.2 Å². The van der Waals surface area contributed by atoms with Crippen LogP contribution in [0.15, 0.2) is 11.1 Å². The molecule has 1 aliphatic rings. The average Bonchev–Trinajstić information content (AvgIpc) is 2.49. The number of hydrogen-bond acceptors (Lipinski definition) is 5. The van der Waals surface area contributed by atoms with Crippen LogP contribution in [-0.2, 0) is 21.9 Å². The third-order valence-electron chi connectivity index (χ3n) is 2.71. The Morgan fingerprint density at radius 1 is 1.44 bits per heavy atom. The second-order valence-electron chi connectivity index (χ2n) is 4.06. The number of carbonyl (C=O) groups excluding carboxylic acids is 1. The van der Waals surface area contributed by atoms with Crippen LogP contribution in [0.5, 0.6) is 0 Å². The first kappa shape index (κ1) is 12.8. The second-order valence-corrected chi connectivity index (χ2v) is 5.96. The molecule has 1 saturated heterocycles. The molecule has 0 saturated carbocycles. The van der Waals surface area contributed by atoms with E-state index in [1.54, 1.807) is 7.05 Å². The average molecular weight is 273 g/mol. The van der Waals surface area contributed by atoms with Crippen molar-refractivity contribution < 1.29 is 13.2 Å². The molecule has 0 unspecified atom stereocenters. The van der Waals surface area contributed by atoms with Gasteiger partial charge in [0.1, 0.15) is 4.90 Å². The summed E-state index contributed by atoms with van der Waals surface area (Å²) in [6.45, 7) is 0.698. The maximum atomic E-state index is 12.3. The number of aryl methyl sites for hydroxylation is 1. The number of rotatable bonds is 2. The van der Waals surface area contributed by atoms with E-state index in [4.69, 9.17) is 5.73 Å². The Morgan fingerprint density at radius 2 is 2.17 bits per heavy atom. The van der Waals surface area contributed by atoms with E-state index in [0.717, 1.165) is 0 Å². The van der Waals surface area contributed by atoms with Crippen molar-refractivity contribution in [3.8, 4) is 0 Å². The number of hydrogen-bond donors (Lipinski definition) is 2. The zero-order valence-corrected chi connectivity index (χ0v) is 10.8.